The number of benzene rings is 1. The molecule has 1 aliphatic rings. The minimum Gasteiger partial charge on any atom is -0.487 e. The molecule has 0 aliphatic carbocycles. The maximum absolute atomic E-state index is 10.0. The number of rotatable bonds is 1. The Labute approximate surface area is 103 Å². The third-order valence-corrected chi connectivity index (χ3v) is 3.32. The Morgan fingerprint density at radius 1 is 1.44 bits per heavy atom. The van der Waals surface area contributed by atoms with Crippen LogP contribution in [0.5, 0.6) is 5.75 Å². The molecule has 0 bridgehead atoms. The first-order valence-electron chi connectivity index (χ1n) is 5.24. The fourth-order valence-electron chi connectivity index (χ4n) is 1.85. The molecule has 2 rings (SSSR count). The Hall–Kier alpha value is -0.580. The molecule has 2 atom stereocenters. The van der Waals surface area contributed by atoms with Crippen LogP contribution in [0.3, 0.4) is 0 Å². The van der Waals surface area contributed by atoms with Gasteiger partial charge >= 0.3 is 0 Å². The minimum atomic E-state index is -0.953. The van der Waals surface area contributed by atoms with Gasteiger partial charge in [-0.05, 0) is 32.0 Å². The highest BCUT2D eigenvalue weighted by Gasteiger charge is 2.36. The van der Waals surface area contributed by atoms with Crippen LogP contribution in [-0.4, -0.2) is 21.9 Å². The average Bonchev–Trinajstić information content (AvgIpc) is 2.17. The molecule has 0 saturated carbocycles. The molecule has 2 N–H and O–H groups in total. The van der Waals surface area contributed by atoms with E-state index in [1.165, 1.54) is 0 Å². The third-order valence-electron chi connectivity index (χ3n) is 2.83. The lowest BCUT2D eigenvalue weighted by Gasteiger charge is -2.36. The van der Waals surface area contributed by atoms with Gasteiger partial charge in [0.1, 0.15) is 11.9 Å². The second-order valence-corrected chi connectivity index (χ2v) is 5.61. The van der Waals surface area contributed by atoms with Crippen molar-refractivity contribution in [2.75, 3.05) is 0 Å². The Kier molecular flexibility index (Phi) is 2.99. The number of hydrogen-bond acceptors (Lipinski definition) is 3. The van der Waals surface area contributed by atoms with Gasteiger partial charge in [0.15, 0.2) is 0 Å². The van der Waals surface area contributed by atoms with E-state index in [-0.39, 0.29) is 6.10 Å². The summed E-state index contributed by atoms with van der Waals surface area (Å²) in [5, 5.41) is 19.9. The van der Waals surface area contributed by atoms with E-state index in [1.807, 2.05) is 12.1 Å². The molecule has 3 nitrogen and oxygen atoms in total. The smallest absolute Gasteiger partial charge is 0.130 e. The van der Waals surface area contributed by atoms with Crippen LogP contribution in [0.2, 0.25) is 0 Å². The third kappa shape index (κ3) is 2.24. The molecule has 1 aromatic rings. The number of aliphatic hydroxyl groups excluding tert-OH is 1. The molecular formula is C12H15BrO3. The lowest BCUT2D eigenvalue weighted by atomic mass is 9.90. The predicted octanol–water partition coefficient (Wildman–Crippen LogP) is 2.40. The van der Waals surface area contributed by atoms with Crippen LogP contribution in [0.1, 0.15) is 31.9 Å². The summed E-state index contributed by atoms with van der Waals surface area (Å²) in [6, 6.07) is 5.51. The van der Waals surface area contributed by atoms with Gasteiger partial charge in [-0.1, -0.05) is 15.9 Å². The summed E-state index contributed by atoms with van der Waals surface area (Å²) in [4.78, 5) is 0. The molecule has 88 valence electrons. The molecule has 16 heavy (non-hydrogen) atoms. The van der Waals surface area contributed by atoms with E-state index < -0.39 is 11.7 Å². The molecule has 0 amide bonds. The van der Waals surface area contributed by atoms with Crippen LogP contribution in [0.25, 0.3) is 0 Å². The second kappa shape index (κ2) is 4.02. The Balaban J connectivity index is 2.34. The lowest BCUT2D eigenvalue weighted by Crippen LogP contribution is -2.43. The average molecular weight is 287 g/mol. The summed E-state index contributed by atoms with van der Waals surface area (Å²) < 4.78 is 6.60. The highest BCUT2D eigenvalue weighted by molar-refractivity contribution is 9.10. The van der Waals surface area contributed by atoms with Gasteiger partial charge in [0.2, 0.25) is 0 Å². The zero-order valence-electron chi connectivity index (χ0n) is 9.27. The molecular weight excluding hydrogens is 272 g/mol. The summed E-state index contributed by atoms with van der Waals surface area (Å²) in [5.41, 5.74) is -0.180. The molecule has 0 spiro atoms. The van der Waals surface area contributed by atoms with Crippen LogP contribution < -0.4 is 4.74 Å². The topological polar surface area (TPSA) is 49.7 Å². The lowest BCUT2D eigenvalue weighted by molar-refractivity contribution is -0.0664. The number of fused-ring (bicyclic) bond motifs is 1. The van der Waals surface area contributed by atoms with Gasteiger partial charge in [0, 0.05) is 16.5 Å². The number of ether oxygens (including phenoxy) is 1. The van der Waals surface area contributed by atoms with E-state index in [2.05, 4.69) is 15.9 Å². The monoisotopic (exact) mass is 286 g/mol. The summed E-state index contributed by atoms with van der Waals surface area (Å²) in [6.07, 6.45) is -0.554. The van der Waals surface area contributed by atoms with Gasteiger partial charge in [0.25, 0.3) is 0 Å². The molecule has 0 saturated heterocycles. The van der Waals surface area contributed by atoms with Crippen molar-refractivity contribution in [2.45, 2.75) is 38.1 Å². The van der Waals surface area contributed by atoms with Crippen molar-refractivity contribution < 1.29 is 14.9 Å². The zero-order valence-corrected chi connectivity index (χ0v) is 10.9. The Bertz CT molecular complexity index is 398. The summed E-state index contributed by atoms with van der Waals surface area (Å²) in [7, 11) is 0. The number of aliphatic hydroxyl groups is 2. The maximum Gasteiger partial charge on any atom is 0.130 e. The van der Waals surface area contributed by atoms with Gasteiger partial charge in [-0.2, -0.15) is 0 Å². The largest absolute Gasteiger partial charge is 0.487 e. The Morgan fingerprint density at radius 3 is 2.75 bits per heavy atom. The first-order valence-corrected chi connectivity index (χ1v) is 6.04. The molecule has 4 heteroatoms. The van der Waals surface area contributed by atoms with Crippen LogP contribution >= 0.6 is 15.9 Å². The number of halogens is 1. The minimum absolute atomic E-state index is 0.379. The van der Waals surface area contributed by atoms with Crippen molar-refractivity contribution in [1.82, 2.24) is 0 Å². The summed E-state index contributed by atoms with van der Waals surface area (Å²) in [6.45, 7) is 3.38. The molecule has 1 heterocycles. The predicted molar refractivity (Wildman–Crippen MR) is 64.4 cm³/mol. The molecule has 0 radical (unpaired) electrons. The van der Waals surface area contributed by atoms with E-state index in [1.54, 1.807) is 19.9 Å². The van der Waals surface area contributed by atoms with Crippen LogP contribution in [-0.2, 0) is 0 Å². The van der Waals surface area contributed by atoms with Gasteiger partial charge in [-0.25, -0.2) is 0 Å². The summed E-state index contributed by atoms with van der Waals surface area (Å²) in [5.74, 6) is 0.647. The number of hydrogen-bond donors (Lipinski definition) is 2. The van der Waals surface area contributed by atoms with Crippen molar-refractivity contribution in [3.8, 4) is 5.75 Å². The molecule has 0 aromatic heterocycles. The van der Waals surface area contributed by atoms with Crippen molar-refractivity contribution in [1.29, 1.82) is 0 Å². The first kappa shape index (κ1) is 11.9. The van der Waals surface area contributed by atoms with E-state index in [0.717, 1.165) is 10.0 Å². The fraction of sp³-hybridized carbons (Fsp3) is 0.500. The van der Waals surface area contributed by atoms with Crippen LogP contribution in [0.4, 0.5) is 0 Å². The second-order valence-electron chi connectivity index (χ2n) is 4.69. The maximum atomic E-state index is 10.0. The van der Waals surface area contributed by atoms with Crippen molar-refractivity contribution in [3.05, 3.63) is 28.2 Å². The first-order chi connectivity index (χ1) is 7.38. The molecule has 0 fully saturated rings. The molecule has 1 aromatic carbocycles. The quantitative estimate of drug-likeness (QED) is 0.834. The summed E-state index contributed by atoms with van der Waals surface area (Å²) >= 11 is 3.36. The Morgan fingerprint density at radius 2 is 2.12 bits per heavy atom. The fourth-order valence-corrected chi connectivity index (χ4v) is 2.23. The van der Waals surface area contributed by atoms with E-state index >= 15 is 0 Å². The highest BCUT2D eigenvalue weighted by Crippen LogP contribution is 2.38. The van der Waals surface area contributed by atoms with E-state index in [0.29, 0.717) is 12.2 Å². The van der Waals surface area contributed by atoms with Gasteiger partial charge in [0.05, 0.1) is 11.7 Å². The van der Waals surface area contributed by atoms with Crippen LogP contribution in [0.15, 0.2) is 22.7 Å². The van der Waals surface area contributed by atoms with Crippen molar-refractivity contribution in [2.24, 2.45) is 0 Å². The molecule has 1 aliphatic heterocycles. The highest BCUT2D eigenvalue weighted by atomic mass is 79.9. The normalized spacial score (nSPS) is 24.8. The van der Waals surface area contributed by atoms with E-state index in [4.69, 9.17) is 4.74 Å². The molecule has 2 unspecified atom stereocenters. The van der Waals surface area contributed by atoms with E-state index in [9.17, 15) is 10.2 Å². The SMILES string of the molecule is CC(C)(O)C1CC(O)c2cc(Br)ccc2O1. The van der Waals surface area contributed by atoms with Crippen molar-refractivity contribution >= 4 is 15.9 Å². The van der Waals surface area contributed by atoms with Gasteiger partial charge in [-0.15, -0.1) is 0 Å². The van der Waals surface area contributed by atoms with Gasteiger partial charge < -0.3 is 14.9 Å². The van der Waals surface area contributed by atoms with Crippen LogP contribution in [0, 0.1) is 0 Å². The standard InChI is InChI=1S/C12H15BrO3/c1-12(2,15)11-6-9(14)8-5-7(13)3-4-10(8)16-11/h3-5,9,11,14-15H,6H2,1-2H3. The van der Waals surface area contributed by atoms with Crippen molar-refractivity contribution in [3.63, 3.8) is 0 Å². The zero-order chi connectivity index (χ0) is 11.9. The van der Waals surface area contributed by atoms with Gasteiger partial charge in [-0.3, -0.25) is 0 Å².